The van der Waals surface area contributed by atoms with E-state index in [2.05, 4.69) is 10.3 Å². The number of amides is 3. The normalized spacial score (nSPS) is 17.1. The molecule has 2 heterocycles. The lowest BCUT2D eigenvalue weighted by atomic mass is 9.96. The number of aliphatic hydroxyl groups is 1. The van der Waals surface area contributed by atoms with Gasteiger partial charge in [0, 0.05) is 12.4 Å². The van der Waals surface area contributed by atoms with Crippen molar-refractivity contribution in [2.24, 2.45) is 5.92 Å². The maximum atomic E-state index is 14.0. The lowest BCUT2D eigenvalue weighted by molar-refractivity contribution is -0.212. The number of nitrogens with zero attached hydrogens (tertiary/aromatic N) is 3. The molecule has 0 radical (unpaired) electrons. The van der Waals surface area contributed by atoms with Gasteiger partial charge < -0.3 is 10.4 Å². The van der Waals surface area contributed by atoms with Crippen molar-refractivity contribution in [1.82, 2.24) is 20.1 Å². The van der Waals surface area contributed by atoms with Crippen LogP contribution >= 0.6 is 0 Å². The van der Waals surface area contributed by atoms with Crippen molar-refractivity contribution < 1.29 is 32.7 Å². The summed E-state index contributed by atoms with van der Waals surface area (Å²) in [5, 5.41) is 12.4. The second kappa shape index (κ2) is 13.0. The van der Waals surface area contributed by atoms with E-state index in [1.165, 1.54) is 23.4 Å². The number of carbonyl (C=O) groups excluding carboxylic acids is 3. The van der Waals surface area contributed by atoms with Gasteiger partial charge in [-0.3, -0.25) is 29.2 Å². The van der Waals surface area contributed by atoms with Gasteiger partial charge in [-0.25, -0.2) is 0 Å². The number of alkyl halides is 3. The van der Waals surface area contributed by atoms with Crippen LogP contribution in [0.3, 0.4) is 0 Å². The summed E-state index contributed by atoms with van der Waals surface area (Å²) in [6.07, 6.45) is -5.18. The third kappa shape index (κ3) is 7.03. The third-order valence-corrected chi connectivity index (χ3v) is 6.85. The van der Waals surface area contributed by atoms with Crippen LogP contribution in [0.4, 0.5) is 13.2 Å². The van der Waals surface area contributed by atoms with E-state index in [-0.39, 0.29) is 23.7 Å². The highest BCUT2D eigenvalue weighted by Crippen LogP contribution is 2.31. The lowest BCUT2D eigenvalue weighted by Gasteiger charge is -2.41. The third-order valence-electron chi connectivity index (χ3n) is 6.85. The van der Waals surface area contributed by atoms with Crippen molar-refractivity contribution in [2.75, 3.05) is 6.54 Å². The average molecular weight is 581 g/mol. The van der Waals surface area contributed by atoms with Crippen molar-refractivity contribution in [2.45, 2.75) is 44.6 Å². The minimum Gasteiger partial charge on any atom is -0.382 e. The molecule has 2 aromatic carbocycles. The zero-order chi connectivity index (χ0) is 30.4. The summed E-state index contributed by atoms with van der Waals surface area (Å²) in [6.45, 7) is 2.86. The van der Waals surface area contributed by atoms with Crippen LogP contribution in [0.2, 0.25) is 0 Å². The van der Waals surface area contributed by atoms with Gasteiger partial charge in [-0.1, -0.05) is 80.6 Å². The van der Waals surface area contributed by atoms with Crippen LogP contribution in [-0.2, 0) is 16.0 Å². The molecule has 4 rings (SSSR count). The molecule has 3 aromatic rings. The molecule has 2 N–H and O–H groups in total. The zero-order valence-corrected chi connectivity index (χ0v) is 23.0. The molecule has 0 saturated carbocycles. The molecule has 0 saturated heterocycles. The smallest absolute Gasteiger partial charge is 0.382 e. The van der Waals surface area contributed by atoms with E-state index >= 15 is 0 Å². The molecule has 1 aliphatic heterocycles. The highest BCUT2D eigenvalue weighted by molar-refractivity contribution is 6.03. The minimum absolute atomic E-state index is 0.121. The van der Waals surface area contributed by atoms with Crippen molar-refractivity contribution >= 4 is 23.4 Å². The number of pyridine rings is 1. The number of benzene rings is 2. The quantitative estimate of drug-likeness (QED) is 0.398. The number of hydrogen-bond acceptors (Lipinski definition) is 5. The fourth-order valence-corrected chi connectivity index (χ4v) is 4.83. The second-order valence-corrected chi connectivity index (χ2v) is 10.3. The zero-order valence-electron chi connectivity index (χ0n) is 23.0. The van der Waals surface area contributed by atoms with Gasteiger partial charge in [0.25, 0.3) is 11.8 Å². The Hall–Kier alpha value is -4.51. The summed E-state index contributed by atoms with van der Waals surface area (Å²) in [4.78, 5) is 47.3. The number of nitrogens with one attached hydrogen (secondary N) is 1. The van der Waals surface area contributed by atoms with Crippen molar-refractivity contribution in [3.05, 3.63) is 108 Å². The van der Waals surface area contributed by atoms with E-state index in [9.17, 15) is 32.7 Å². The van der Waals surface area contributed by atoms with Crippen molar-refractivity contribution in [3.8, 4) is 0 Å². The van der Waals surface area contributed by atoms with E-state index in [1.54, 1.807) is 86.6 Å². The Labute approximate surface area is 241 Å². The Morgan fingerprint density at radius 2 is 1.60 bits per heavy atom. The van der Waals surface area contributed by atoms with Crippen LogP contribution in [0.5, 0.6) is 0 Å². The van der Waals surface area contributed by atoms with Crippen LogP contribution in [0.1, 0.15) is 35.5 Å². The topological polar surface area (TPSA) is 103 Å². The fraction of sp³-hybridized carbons (Fsp3) is 0.290. The monoisotopic (exact) mass is 580 g/mol. The van der Waals surface area contributed by atoms with E-state index < -0.39 is 48.6 Å². The molecule has 42 heavy (non-hydrogen) atoms. The molecular weight excluding hydrogens is 549 g/mol. The van der Waals surface area contributed by atoms with E-state index in [4.69, 9.17) is 0 Å². The summed E-state index contributed by atoms with van der Waals surface area (Å²) in [6, 6.07) is 18.8. The second-order valence-electron chi connectivity index (χ2n) is 10.3. The lowest BCUT2D eigenvalue weighted by Crippen LogP contribution is -2.58. The Balaban J connectivity index is 1.68. The molecule has 3 atom stereocenters. The van der Waals surface area contributed by atoms with Crippen molar-refractivity contribution in [1.29, 1.82) is 0 Å². The van der Waals surface area contributed by atoms with Crippen LogP contribution in [-0.4, -0.2) is 68.5 Å². The van der Waals surface area contributed by atoms with Crippen LogP contribution in [0.25, 0.3) is 5.70 Å². The Kier molecular flexibility index (Phi) is 9.41. The molecule has 1 aromatic heterocycles. The molecule has 0 spiro atoms. The summed E-state index contributed by atoms with van der Waals surface area (Å²) in [5.74, 6) is -2.39. The van der Waals surface area contributed by atoms with Crippen LogP contribution in [0.15, 0.2) is 91.3 Å². The van der Waals surface area contributed by atoms with Crippen molar-refractivity contribution in [3.63, 3.8) is 0 Å². The van der Waals surface area contributed by atoms with E-state index in [0.29, 0.717) is 11.1 Å². The molecule has 0 fully saturated rings. The molecule has 1 aliphatic rings. The number of aromatic nitrogens is 1. The van der Waals surface area contributed by atoms with E-state index in [0.717, 1.165) is 4.90 Å². The standard InChI is InChI=1S/C31H31F3N4O4/c1-20(2)27-30(42)37(19-26(39)36-24(28(40)31(32,33)34)17-21-11-5-3-6-12-21)25(22-13-7-4-8-14-22)18-38(27)29(41)23-15-9-10-16-35-23/h3-16,18,20,24,27-28,40H,17,19H2,1-2H3,(H,36,39). The first kappa shape index (κ1) is 30.4. The maximum absolute atomic E-state index is 14.0. The molecule has 3 unspecified atom stereocenters. The minimum atomic E-state index is -4.99. The number of hydrogen-bond donors (Lipinski definition) is 2. The molecule has 0 bridgehead atoms. The first-order valence-corrected chi connectivity index (χ1v) is 13.4. The fourth-order valence-electron chi connectivity index (χ4n) is 4.83. The molecule has 0 aliphatic carbocycles. The predicted octanol–water partition coefficient (Wildman–Crippen LogP) is 4.04. The number of rotatable bonds is 9. The average Bonchev–Trinajstić information content (AvgIpc) is 2.97. The Bertz CT molecular complexity index is 1420. The maximum Gasteiger partial charge on any atom is 0.416 e. The molecule has 8 nitrogen and oxygen atoms in total. The van der Waals surface area contributed by atoms with Gasteiger partial charge in [0.05, 0.1) is 11.7 Å². The summed E-state index contributed by atoms with van der Waals surface area (Å²) in [5.41, 5.74) is 1.33. The van der Waals surface area contributed by atoms with E-state index in [1.807, 2.05) is 0 Å². The van der Waals surface area contributed by atoms with Gasteiger partial charge in [-0.15, -0.1) is 0 Å². The summed E-state index contributed by atoms with van der Waals surface area (Å²) in [7, 11) is 0. The molecular formula is C31H31F3N4O4. The summed E-state index contributed by atoms with van der Waals surface area (Å²) < 4.78 is 40.6. The highest BCUT2D eigenvalue weighted by atomic mass is 19.4. The largest absolute Gasteiger partial charge is 0.416 e. The Morgan fingerprint density at radius 1 is 0.976 bits per heavy atom. The van der Waals surface area contributed by atoms with Gasteiger partial charge >= 0.3 is 6.18 Å². The highest BCUT2D eigenvalue weighted by Gasteiger charge is 2.45. The van der Waals surface area contributed by atoms with Gasteiger partial charge in [-0.2, -0.15) is 13.2 Å². The van der Waals surface area contributed by atoms with Gasteiger partial charge in [-0.05, 0) is 35.6 Å². The molecule has 11 heteroatoms. The summed E-state index contributed by atoms with van der Waals surface area (Å²) >= 11 is 0. The number of aliphatic hydroxyl groups excluding tert-OH is 1. The van der Waals surface area contributed by atoms with Gasteiger partial charge in [0.15, 0.2) is 6.10 Å². The SMILES string of the molecule is CC(C)C1C(=O)N(CC(=O)NC(Cc2ccccc2)C(O)C(F)(F)F)C(c2ccccc2)=CN1C(=O)c1ccccn1. The Morgan fingerprint density at radius 3 is 2.17 bits per heavy atom. The predicted molar refractivity (Wildman–Crippen MR) is 149 cm³/mol. The van der Waals surface area contributed by atoms with Gasteiger partial charge in [0.1, 0.15) is 18.3 Å². The molecule has 3 amide bonds. The van der Waals surface area contributed by atoms with Crippen LogP contribution in [0, 0.1) is 5.92 Å². The first-order chi connectivity index (χ1) is 20.0. The first-order valence-electron chi connectivity index (χ1n) is 13.4. The number of carbonyl (C=O) groups is 3. The number of halogens is 3. The molecule has 220 valence electrons. The van der Waals surface area contributed by atoms with Gasteiger partial charge in [0.2, 0.25) is 5.91 Å². The van der Waals surface area contributed by atoms with Crippen LogP contribution < -0.4 is 5.32 Å².